The van der Waals surface area contributed by atoms with Crippen molar-refractivity contribution in [3.05, 3.63) is 307 Å². The van der Waals surface area contributed by atoms with Crippen molar-refractivity contribution in [1.82, 2.24) is 0 Å². The van der Waals surface area contributed by atoms with Gasteiger partial charge in [-0.25, -0.2) is 0 Å². The molecule has 0 atom stereocenters. The van der Waals surface area contributed by atoms with Gasteiger partial charge < -0.3 is 14.7 Å². The summed E-state index contributed by atoms with van der Waals surface area (Å²) in [5.41, 5.74) is 19.9. The molecule has 2 aliphatic rings. The van der Waals surface area contributed by atoms with Crippen LogP contribution in [0, 0.1) is 0 Å². The molecule has 0 saturated heterocycles. The highest BCUT2D eigenvalue weighted by atomic mass is 32.1. The summed E-state index contributed by atoms with van der Waals surface area (Å²) in [6.45, 7) is 0. The molecule has 0 N–H and O–H groups in total. The molecule has 0 bridgehead atoms. The number of anilines is 9. The van der Waals surface area contributed by atoms with E-state index in [0.717, 1.165) is 39.8 Å². The molecule has 2 aromatic heterocycles. The molecule has 0 fully saturated rings. The Kier molecular flexibility index (Phi) is 10.2. The summed E-state index contributed by atoms with van der Waals surface area (Å²) in [6, 6.07) is 105. The van der Waals surface area contributed by atoms with Crippen molar-refractivity contribution in [2.75, 3.05) is 14.7 Å². The largest absolute Gasteiger partial charge is 0.310 e. The lowest BCUT2D eigenvalue weighted by atomic mass is 9.64. The molecule has 78 heavy (non-hydrogen) atoms. The first kappa shape index (κ1) is 44.7. The van der Waals surface area contributed by atoms with Gasteiger partial charge in [0.2, 0.25) is 0 Å². The maximum Gasteiger partial charge on any atom is 0.0754 e. The van der Waals surface area contributed by atoms with E-state index in [2.05, 4.69) is 300 Å². The van der Waals surface area contributed by atoms with Crippen molar-refractivity contribution < 1.29 is 0 Å². The number of hydrogen-bond donors (Lipinski definition) is 0. The third kappa shape index (κ3) is 6.69. The normalized spacial score (nSPS) is 12.9. The molecule has 12 aromatic carbocycles. The molecule has 0 saturated carbocycles. The molecule has 5 heteroatoms. The van der Waals surface area contributed by atoms with Crippen LogP contribution < -0.4 is 14.7 Å². The minimum atomic E-state index is -0.527. The molecular weight excluding hydrogens is 983 g/mol. The quantitative estimate of drug-likeness (QED) is 0.150. The van der Waals surface area contributed by atoms with Crippen LogP contribution in [0.3, 0.4) is 0 Å². The molecule has 0 radical (unpaired) electrons. The summed E-state index contributed by atoms with van der Waals surface area (Å²) in [5.74, 6) is 0. The molecule has 1 aliphatic heterocycles. The molecule has 3 heterocycles. The fourth-order valence-electron chi connectivity index (χ4n) is 13.0. The lowest BCUT2D eigenvalue weighted by Crippen LogP contribution is -2.36. The van der Waals surface area contributed by atoms with E-state index in [1.165, 1.54) is 96.2 Å². The summed E-state index contributed by atoms with van der Waals surface area (Å²) in [4.78, 5) is 7.33. The Bertz CT molecular complexity index is 4560. The van der Waals surface area contributed by atoms with E-state index in [9.17, 15) is 0 Å². The highest BCUT2D eigenvalue weighted by Gasteiger charge is 2.51. The average molecular weight is 1030 g/mol. The van der Waals surface area contributed by atoms with Gasteiger partial charge in [0.1, 0.15) is 0 Å². The predicted octanol–water partition coefficient (Wildman–Crippen LogP) is 21.2. The number of benzene rings is 12. The van der Waals surface area contributed by atoms with E-state index in [-0.39, 0.29) is 0 Å². The second-order valence-corrected chi connectivity index (χ2v) is 22.5. The molecule has 0 amide bonds. The summed E-state index contributed by atoms with van der Waals surface area (Å²) in [7, 11) is 0. The topological polar surface area (TPSA) is 9.72 Å². The molecule has 1 aliphatic carbocycles. The first-order valence-electron chi connectivity index (χ1n) is 26.7. The van der Waals surface area contributed by atoms with E-state index in [1.807, 2.05) is 22.7 Å². The van der Waals surface area contributed by atoms with Gasteiger partial charge in [0.15, 0.2) is 0 Å². The summed E-state index contributed by atoms with van der Waals surface area (Å²) in [6.07, 6.45) is 0. The Morgan fingerprint density at radius 3 is 1.55 bits per heavy atom. The minimum Gasteiger partial charge on any atom is -0.310 e. The Morgan fingerprint density at radius 1 is 0.308 bits per heavy atom. The zero-order valence-corrected chi connectivity index (χ0v) is 43.9. The lowest BCUT2D eigenvalue weighted by Gasteiger charge is -2.45. The number of thiophene rings is 2. The van der Waals surface area contributed by atoms with E-state index in [4.69, 9.17) is 0 Å². The van der Waals surface area contributed by atoms with Crippen molar-refractivity contribution in [2.24, 2.45) is 0 Å². The van der Waals surface area contributed by atoms with Crippen molar-refractivity contribution in [1.29, 1.82) is 0 Å². The van der Waals surface area contributed by atoms with Crippen LogP contribution in [0.25, 0.3) is 62.6 Å². The lowest BCUT2D eigenvalue weighted by molar-refractivity contribution is 0.752. The van der Waals surface area contributed by atoms with Crippen LogP contribution in [0.5, 0.6) is 0 Å². The maximum absolute atomic E-state index is 2.49. The highest BCUT2D eigenvalue weighted by molar-refractivity contribution is 7.26. The van der Waals surface area contributed by atoms with Crippen LogP contribution in [-0.2, 0) is 5.41 Å². The van der Waals surface area contributed by atoms with E-state index in [0.29, 0.717) is 0 Å². The average Bonchev–Trinajstić information content (AvgIpc) is 4.28. The van der Waals surface area contributed by atoms with Crippen LogP contribution in [-0.4, -0.2) is 0 Å². The Balaban J connectivity index is 0.863. The zero-order valence-electron chi connectivity index (χ0n) is 42.3. The van der Waals surface area contributed by atoms with E-state index < -0.39 is 5.41 Å². The van der Waals surface area contributed by atoms with Crippen molar-refractivity contribution >= 4 is 114 Å². The Morgan fingerprint density at radius 2 is 0.846 bits per heavy atom. The van der Waals surface area contributed by atoms with Gasteiger partial charge in [0, 0.05) is 74.5 Å². The molecule has 3 nitrogen and oxygen atoms in total. The van der Waals surface area contributed by atoms with E-state index in [1.54, 1.807) is 0 Å². The van der Waals surface area contributed by atoms with Crippen LogP contribution >= 0.6 is 22.7 Å². The number of hydrogen-bond acceptors (Lipinski definition) is 5. The van der Waals surface area contributed by atoms with Crippen molar-refractivity contribution in [2.45, 2.75) is 5.41 Å². The fraction of sp³-hybridized carbons (Fsp3) is 0.0137. The van der Waals surface area contributed by atoms with Gasteiger partial charge in [-0.3, -0.25) is 0 Å². The second kappa shape index (κ2) is 17.8. The van der Waals surface area contributed by atoms with Gasteiger partial charge in [-0.05, 0) is 154 Å². The van der Waals surface area contributed by atoms with E-state index >= 15 is 0 Å². The molecule has 1 spiro atoms. The number of para-hydroxylation sites is 5. The zero-order chi connectivity index (χ0) is 51.3. The van der Waals surface area contributed by atoms with Crippen molar-refractivity contribution in [3.63, 3.8) is 0 Å². The standard InChI is InChI=1S/C73H47N3S2/c1-5-21-49(22-6-1)74(54-40-42-64-67(47-54)76(52-27-11-4-12-28-52)65-36-18-17-35-63(65)73(64)61-33-15-13-29-56(61)57-30-14-16-34-62(57)73)53-41-44-68-59(46-53)58-32-19-31-55(72(58)78-68)48-39-43-69-60(45-48)71-66(37-20-38-70(71)77-69)75(50-23-7-2-8-24-50)51-25-9-3-10-26-51/h1-47H. The monoisotopic (exact) mass is 1030 g/mol. The van der Waals surface area contributed by atoms with Crippen LogP contribution in [0.15, 0.2) is 285 Å². The summed E-state index contributed by atoms with van der Waals surface area (Å²) >= 11 is 3.75. The highest BCUT2D eigenvalue weighted by Crippen LogP contribution is 2.64. The molecule has 16 rings (SSSR count). The minimum absolute atomic E-state index is 0.527. The van der Waals surface area contributed by atoms with Crippen LogP contribution in [0.2, 0.25) is 0 Å². The summed E-state index contributed by atoms with van der Waals surface area (Å²) in [5, 5.41) is 5.05. The Hall–Kier alpha value is -9.52. The first-order chi connectivity index (χ1) is 38.7. The number of nitrogens with zero attached hydrogens (tertiary/aromatic N) is 3. The fourth-order valence-corrected chi connectivity index (χ4v) is 15.3. The number of fused-ring (bicyclic) bond motifs is 15. The summed E-state index contributed by atoms with van der Waals surface area (Å²) < 4.78 is 5.11. The third-order valence-corrected chi connectivity index (χ3v) is 18.6. The molecule has 14 aromatic rings. The van der Waals surface area contributed by atoms with Crippen molar-refractivity contribution in [3.8, 4) is 22.3 Å². The second-order valence-electron chi connectivity index (χ2n) is 20.3. The van der Waals surface area contributed by atoms with Gasteiger partial charge in [0.05, 0.1) is 22.5 Å². The van der Waals surface area contributed by atoms with Gasteiger partial charge in [-0.1, -0.05) is 176 Å². The smallest absolute Gasteiger partial charge is 0.0754 e. The maximum atomic E-state index is 2.49. The predicted molar refractivity (Wildman–Crippen MR) is 333 cm³/mol. The number of rotatable bonds is 8. The first-order valence-corrected chi connectivity index (χ1v) is 28.3. The SMILES string of the molecule is c1ccc(N(c2ccc3c(c2)N(c2ccccc2)c2ccccc2C32c3ccccc3-c3ccccc32)c2ccc3sc4c(-c5ccc6sc7cccc(N(c8ccccc8)c8ccccc8)c7c6c5)cccc4c3c2)cc1. The molecule has 0 unspecified atom stereocenters. The van der Waals surface area contributed by atoms with Crippen LogP contribution in [0.1, 0.15) is 22.3 Å². The molecular formula is C73H47N3S2. The molecule has 366 valence electrons. The van der Waals surface area contributed by atoms with Crippen LogP contribution in [0.4, 0.5) is 51.2 Å². The Labute approximate surface area is 461 Å². The van der Waals surface area contributed by atoms with Gasteiger partial charge in [0.25, 0.3) is 0 Å². The van der Waals surface area contributed by atoms with Gasteiger partial charge in [-0.15, -0.1) is 22.7 Å². The third-order valence-electron chi connectivity index (χ3n) is 16.2. The van der Waals surface area contributed by atoms with Gasteiger partial charge in [-0.2, -0.15) is 0 Å². The van der Waals surface area contributed by atoms with Gasteiger partial charge >= 0.3 is 0 Å².